The van der Waals surface area contributed by atoms with Crippen LogP contribution in [-0.2, 0) is 4.79 Å². The zero-order valence-corrected chi connectivity index (χ0v) is 16.0. The van der Waals surface area contributed by atoms with Gasteiger partial charge in [-0.15, -0.1) is 11.3 Å². The van der Waals surface area contributed by atoms with E-state index in [0.29, 0.717) is 4.80 Å². The van der Waals surface area contributed by atoms with E-state index in [9.17, 15) is 4.79 Å². The topological polar surface area (TPSA) is 43.6 Å². The summed E-state index contributed by atoms with van der Waals surface area (Å²) in [7, 11) is 1.67. The molecule has 4 nitrogen and oxygen atoms in total. The first-order valence-corrected chi connectivity index (χ1v) is 8.96. The maximum Gasteiger partial charge on any atom is 0.253 e. The predicted molar refractivity (Wildman–Crippen MR) is 102 cm³/mol. The molecule has 25 heavy (non-hydrogen) atoms. The lowest BCUT2D eigenvalue weighted by molar-refractivity contribution is -0.125. The molecule has 0 aliphatic rings. The molecule has 0 radical (unpaired) electrons. The van der Waals surface area contributed by atoms with Gasteiger partial charge in [-0.1, -0.05) is 32.9 Å². The number of hydrogen-bond donors (Lipinski definition) is 0. The van der Waals surface area contributed by atoms with E-state index in [1.807, 2.05) is 62.7 Å². The number of aromatic nitrogens is 1. The number of aryl methyl sites for hydroxylation is 1. The first kappa shape index (κ1) is 17.4. The van der Waals surface area contributed by atoms with Crippen molar-refractivity contribution in [2.75, 3.05) is 7.11 Å². The number of methoxy groups -OCH3 is 1. The van der Waals surface area contributed by atoms with Crippen LogP contribution in [-0.4, -0.2) is 17.6 Å². The molecule has 1 heterocycles. The molecule has 5 heteroatoms. The molecule has 130 valence electrons. The average Bonchev–Trinajstić information content (AvgIpc) is 2.93. The monoisotopic (exact) mass is 354 g/mol. The van der Waals surface area contributed by atoms with Crippen molar-refractivity contribution in [3.05, 3.63) is 52.3 Å². The zero-order chi connectivity index (χ0) is 18.2. The summed E-state index contributed by atoms with van der Waals surface area (Å²) < 4.78 is 7.26. The molecule has 0 saturated carbocycles. The SMILES string of the molecule is COc1ccc2cc(-n3cc(C)s/c3=N\C(=O)C(C)(C)C)ccc2c1. The Kier molecular flexibility index (Phi) is 4.52. The van der Waals surface area contributed by atoms with E-state index < -0.39 is 5.41 Å². The van der Waals surface area contributed by atoms with Gasteiger partial charge >= 0.3 is 0 Å². The van der Waals surface area contributed by atoms with Crippen molar-refractivity contribution in [2.45, 2.75) is 27.7 Å². The van der Waals surface area contributed by atoms with Crippen molar-refractivity contribution in [3.63, 3.8) is 0 Å². The summed E-state index contributed by atoms with van der Waals surface area (Å²) >= 11 is 1.52. The van der Waals surface area contributed by atoms with E-state index >= 15 is 0 Å². The Balaban J connectivity index is 2.12. The fraction of sp³-hybridized carbons (Fsp3) is 0.300. The number of amides is 1. The molecule has 0 aliphatic heterocycles. The quantitative estimate of drug-likeness (QED) is 0.681. The van der Waals surface area contributed by atoms with Crippen molar-refractivity contribution in [1.29, 1.82) is 0 Å². The second-order valence-corrected chi connectivity index (χ2v) is 8.27. The van der Waals surface area contributed by atoms with Gasteiger partial charge in [-0.25, -0.2) is 0 Å². The molecule has 3 rings (SSSR count). The molecule has 0 unspecified atom stereocenters. The molecule has 3 aromatic rings. The Hall–Kier alpha value is -2.40. The van der Waals surface area contributed by atoms with Gasteiger partial charge in [0, 0.05) is 22.2 Å². The van der Waals surface area contributed by atoms with Crippen LogP contribution in [0.5, 0.6) is 5.75 Å². The van der Waals surface area contributed by atoms with Crippen molar-refractivity contribution in [2.24, 2.45) is 10.4 Å². The number of thiazole rings is 1. The maximum absolute atomic E-state index is 12.3. The Morgan fingerprint density at radius 1 is 1.12 bits per heavy atom. The second kappa shape index (κ2) is 6.48. The Labute approximate surface area is 151 Å². The standard InChI is InChI=1S/C20H22N2O2S/c1-13-12-22(19(25-13)21-18(23)20(2,3)4)16-8-6-15-11-17(24-5)9-7-14(15)10-16/h6-12H,1-5H3/b21-19-. The molecular formula is C20H22N2O2S. The fourth-order valence-corrected chi connectivity index (χ4v) is 3.29. The molecular weight excluding hydrogens is 332 g/mol. The summed E-state index contributed by atoms with van der Waals surface area (Å²) in [6, 6.07) is 12.2. The third kappa shape index (κ3) is 3.66. The van der Waals surface area contributed by atoms with Crippen LogP contribution >= 0.6 is 11.3 Å². The Morgan fingerprint density at radius 3 is 2.48 bits per heavy atom. The van der Waals surface area contributed by atoms with E-state index in [0.717, 1.165) is 27.1 Å². The lowest BCUT2D eigenvalue weighted by atomic mass is 9.96. The minimum Gasteiger partial charge on any atom is -0.497 e. The highest BCUT2D eigenvalue weighted by atomic mass is 32.1. The van der Waals surface area contributed by atoms with Gasteiger partial charge < -0.3 is 4.74 Å². The van der Waals surface area contributed by atoms with Crippen molar-refractivity contribution < 1.29 is 9.53 Å². The molecule has 2 aromatic carbocycles. The summed E-state index contributed by atoms with van der Waals surface area (Å²) in [5, 5.41) is 2.22. The average molecular weight is 354 g/mol. The fourth-order valence-electron chi connectivity index (χ4n) is 2.46. The minimum absolute atomic E-state index is 0.117. The molecule has 0 bridgehead atoms. The highest BCUT2D eigenvalue weighted by molar-refractivity contribution is 7.09. The summed E-state index contributed by atoms with van der Waals surface area (Å²) in [6.07, 6.45) is 2.02. The van der Waals surface area contributed by atoms with Gasteiger partial charge in [-0.05, 0) is 42.0 Å². The zero-order valence-electron chi connectivity index (χ0n) is 15.2. The third-order valence-electron chi connectivity index (χ3n) is 3.92. The van der Waals surface area contributed by atoms with Crippen LogP contribution in [0.2, 0.25) is 0 Å². The van der Waals surface area contributed by atoms with Crippen LogP contribution in [0.15, 0.2) is 47.6 Å². The van der Waals surface area contributed by atoms with Crippen molar-refractivity contribution in [1.82, 2.24) is 4.57 Å². The van der Waals surface area contributed by atoms with E-state index in [1.54, 1.807) is 7.11 Å². The van der Waals surface area contributed by atoms with E-state index in [2.05, 4.69) is 17.1 Å². The van der Waals surface area contributed by atoms with Crippen LogP contribution < -0.4 is 9.54 Å². The number of fused-ring (bicyclic) bond motifs is 1. The summed E-state index contributed by atoms with van der Waals surface area (Å²) in [4.78, 5) is 18.5. The number of hydrogen-bond acceptors (Lipinski definition) is 3. The van der Waals surface area contributed by atoms with E-state index in [-0.39, 0.29) is 5.91 Å². The number of nitrogens with zero attached hydrogens (tertiary/aromatic N) is 2. The van der Waals surface area contributed by atoms with Crippen molar-refractivity contribution in [3.8, 4) is 11.4 Å². The molecule has 0 fully saturated rings. The number of rotatable bonds is 2. The highest BCUT2D eigenvalue weighted by Crippen LogP contribution is 2.23. The minimum atomic E-state index is -0.490. The normalized spacial score (nSPS) is 12.6. The Bertz CT molecular complexity index is 1010. The maximum atomic E-state index is 12.3. The van der Waals surface area contributed by atoms with Crippen molar-refractivity contribution >= 4 is 28.0 Å². The number of benzene rings is 2. The van der Waals surface area contributed by atoms with Crippen LogP contribution in [0, 0.1) is 12.3 Å². The van der Waals surface area contributed by atoms with Crippen LogP contribution in [0.4, 0.5) is 0 Å². The summed E-state index contributed by atoms with van der Waals surface area (Å²) in [6.45, 7) is 7.67. The van der Waals surface area contributed by atoms with E-state index in [4.69, 9.17) is 4.74 Å². The molecule has 0 atom stereocenters. The lowest BCUT2D eigenvalue weighted by Gasteiger charge is -2.12. The van der Waals surface area contributed by atoms with Gasteiger partial charge in [0.2, 0.25) is 0 Å². The third-order valence-corrected chi connectivity index (χ3v) is 4.82. The van der Waals surface area contributed by atoms with Gasteiger partial charge in [0.15, 0.2) is 4.80 Å². The van der Waals surface area contributed by atoms with Gasteiger partial charge in [-0.3, -0.25) is 9.36 Å². The number of ether oxygens (including phenoxy) is 1. The molecule has 1 aromatic heterocycles. The molecule has 0 spiro atoms. The highest BCUT2D eigenvalue weighted by Gasteiger charge is 2.21. The summed E-state index contributed by atoms with van der Waals surface area (Å²) in [5.74, 6) is 0.722. The van der Waals surface area contributed by atoms with Gasteiger partial charge in [-0.2, -0.15) is 4.99 Å². The predicted octanol–water partition coefficient (Wildman–Crippen LogP) is 4.48. The van der Waals surface area contributed by atoms with E-state index in [1.165, 1.54) is 11.3 Å². The largest absolute Gasteiger partial charge is 0.497 e. The number of carbonyl (C=O) groups is 1. The first-order valence-electron chi connectivity index (χ1n) is 8.14. The molecule has 0 saturated heterocycles. The second-order valence-electron chi connectivity index (χ2n) is 7.06. The van der Waals surface area contributed by atoms with Gasteiger partial charge in [0.05, 0.1) is 7.11 Å². The smallest absolute Gasteiger partial charge is 0.253 e. The number of carbonyl (C=O) groups excluding carboxylic acids is 1. The first-order chi connectivity index (χ1) is 11.8. The van der Waals surface area contributed by atoms with Gasteiger partial charge in [0.1, 0.15) is 5.75 Å². The van der Waals surface area contributed by atoms with Crippen LogP contribution in [0.1, 0.15) is 25.6 Å². The summed E-state index contributed by atoms with van der Waals surface area (Å²) in [5.41, 5.74) is 0.498. The molecule has 0 N–H and O–H groups in total. The van der Waals surface area contributed by atoms with Gasteiger partial charge in [0.25, 0.3) is 5.91 Å². The van der Waals surface area contributed by atoms with Crippen LogP contribution in [0.3, 0.4) is 0 Å². The lowest BCUT2D eigenvalue weighted by Crippen LogP contribution is -2.22. The molecule has 1 amide bonds. The molecule has 0 aliphatic carbocycles. The van der Waals surface area contributed by atoms with Crippen LogP contribution in [0.25, 0.3) is 16.5 Å². The Morgan fingerprint density at radius 2 is 1.80 bits per heavy atom.